The summed E-state index contributed by atoms with van der Waals surface area (Å²) < 4.78 is 11.5. The van der Waals surface area contributed by atoms with Gasteiger partial charge in [-0.15, -0.1) is 0 Å². The van der Waals surface area contributed by atoms with E-state index in [1.54, 1.807) is 0 Å². The molecule has 0 radical (unpaired) electrons. The Morgan fingerprint density at radius 3 is 2.58 bits per heavy atom. The minimum absolute atomic E-state index is 0.542. The molecule has 0 saturated heterocycles. The van der Waals surface area contributed by atoms with Gasteiger partial charge in [-0.2, -0.15) is 0 Å². The van der Waals surface area contributed by atoms with Crippen molar-refractivity contribution in [2.75, 3.05) is 19.8 Å². The highest BCUT2D eigenvalue weighted by atomic mass is 16.5. The second-order valence-corrected chi connectivity index (χ2v) is 5.54. The highest BCUT2D eigenvalue weighted by Gasteiger charge is 2.18. The van der Waals surface area contributed by atoms with E-state index in [1.807, 2.05) is 6.07 Å². The Kier molecular flexibility index (Phi) is 5.08. The molecule has 1 aromatic rings. The van der Waals surface area contributed by atoms with Crippen molar-refractivity contribution in [3.63, 3.8) is 0 Å². The second kappa shape index (κ2) is 6.80. The van der Waals surface area contributed by atoms with Gasteiger partial charge < -0.3 is 15.2 Å². The number of benzene rings is 1. The first-order chi connectivity index (χ1) is 9.22. The summed E-state index contributed by atoms with van der Waals surface area (Å²) in [6.07, 6.45) is 3.15. The molecule has 1 aromatic carbocycles. The highest BCUT2D eigenvalue weighted by Crippen LogP contribution is 2.36. The van der Waals surface area contributed by atoms with Gasteiger partial charge in [0.05, 0.1) is 13.2 Å². The number of hydrogen-bond donors (Lipinski definition) is 1. The predicted molar refractivity (Wildman–Crippen MR) is 77.9 cm³/mol. The standard InChI is InChI=1S/C16H25NO2/c1-12(2)14(5-3-8-17)13-6-7-15-16(11-13)19-10-4-9-18-15/h6-7,11-12,14H,3-5,8-10,17H2,1-2H3. The lowest BCUT2D eigenvalue weighted by Gasteiger charge is -2.22. The van der Waals surface area contributed by atoms with Crippen molar-refractivity contribution in [3.8, 4) is 11.5 Å². The second-order valence-electron chi connectivity index (χ2n) is 5.54. The van der Waals surface area contributed by atoms with E-state index in [1.165, 1.54) is 5.56 Å². The summed E-state index contributed by atoms with van der Waals surface area (Å²) in [4.78, 5) is 0. The van der Waals surface area contributed by atoms with Gasteiger partial charge in [0.2, 0.25) is 0 Å². The minimum atomic E-state index is 0.542. The van der Waals surface area contributed by atoms with Crippen LogP contribution in [0.4, 0.5) is 0 Å². The topological polar surface area (TPSA) is 44.5 Å². The van der Waals surface area contributed by atoms with Crippen LogP contribution in [0.15, 0.2) is 18.2 Å². The van der Waals surface area contributed by atoms with Crippen LogP contribution in [0.1, 0.15) is 44.6 Å². The van der Waals surface area contributed by atoms with Crippen LogP contribution in [0.25, 0.3) is 0 Å². The summed E-state index contributed by atoms with van der Waals surface area (Å²) >= 11 is 0. The molecule has 1 unspecified atom stereocenters. The quantitative estimate of drug-likeness (QED) is 0.886. The highest BCUT2D eigenvalue weighted by molar-refractivity contribution is 5.44. The Morgan fingerprint density at radius 1 is 1.16 bits per heavy atom. The van der Waals surface area contributed by atoms with Crippen molar-refractivity contribution < 1.29 is 9.47 Å². The first-order valence-electron chi connectivity index (χ1n) is 7.32. The van der Waals surface area contributed by atoms with Gasteiger partial charge >= 0.3 is 0 Å². The lowest BCUT2D eigenvalue weighted by molar-refractivity contribution is 0.297. The summed E-state index contributed by atoms with van der Waals surface area (Å²) in [5.74, 6) is 2.92. The largest absolute Gasteiger partial charge is 0.490 e. The number of hydrogen-bond acceptors (Lipinski definition) is 3. The van der Waals surface area contributed by atoms with Crippen molar-refractivity contribution in [1.29, 1.82) is 0 Å². The molecule has 1 aliphatic rings. The fourth-order valence-electron chi connectivity index (χ4n) is 2.63. The molecule has 3 nitrogen and oxygen atoms in total. The molecule has 0 amide bonds. The van der Waals surface area contributed by atoms with Gasteiger partial charge in [-0.3, -0.25) is 0 Å². The summed E-state index contributed by atoms with van der Waals surface area (Å²) in [5, 5.41) is 0. The van der Waals surface area contributed by atoms with Crippen LogP contribution in [0.5, 0.6) is 11.5 Å². The molecular weight excluding hydrogens is 238 g/mol. The molecule has 3 heteroatoms. The zero-order valence-electron chi connectivity index (χ0n) is 12.0. The number of fused-ring (bicyclic) bond motifs is 1. The average molecular weight is 263 g/mol. The summed E-state index contributed by atoms with van der Waals surface area (Å²) in [6.45, 7) is 6.78. The molecule has 2 N–H and O–H groups in total. The first kappa shape index (κ1) is 14.2. The van der Waals surface area contributed by atoms with E-state index >= 15 is 0 Å². The SMILES string of the molecule is CC(C)C(CCCN)c1ccc2c(c1)OCCCO2. The van der Waals surface area contributed by atoms with Gasteiger partial charge in [0.15, 0.2) is 11.5 Å². The van der Waals surface area contributed by atoms with Crippen molar-refractivity contribution in [2.45, 2.75) is 39.0 Å². The minimum Gasteiger partial charge on any atom is -0.490 e. The number of rotatable bonds is 5. The third kappa shape index (κ3) is 3.63. The molecule has 0 spiro atoms. The summed E-state index contributed by atoms with van der Waals surface area (Å²) in [5.41, 5.74) is 6.98. The van der Waals surface area contributed by atoms with E-state index < -0.39 is 0 Å². The Labute approximate surface area is 116 Å². The smallest absolute Gasteiger partial charge is 0.161 e. The molecule has 0 fully saturated rings. The Morgan fingerprint density at radius 2 is 1.89 bits per heavy atom. The fourth-order valence-corrected chi connectivity index (χ4v) is 2.63. The molecular formula is C16H25NO2. The molecule has 2 rings (SSSR count). The van der Waals surface area contributed by atoms with Crippen LogP contribution in [-0.2, 0) is 0 Å². The van der Waals surface area contributed by atoms with Gasteiger partial charge in [0, 0.05) is 6.42 Å². The van der Waals surface area contributed by atoms with Crippen LogP contribution in [0, 0.1) is 5.92 Å². The fraction of sp³-hybridized carbons (Fsp3) is 0.625. The van der Waals surface area contributed by atoms with Crippen LogP contribution in [-0.4, -0.2) is 19.8 Å². The maximum atomic E-state index is 5.77. The van der Waals surface area contributed by atoms with Gasteiger partial charge in [0.25, 0.3) is 0 Å². The zero-order valence-corrected chi connectivity index (χ0v) is 12.0. The van der Waals surface area contributed by atoms with Gasteiger partial charge in [0.1, 0.15) is 0 Å². The van der Waals surface area contributed by atoms with Crippen molar-refractivity contribution in [2.24, 2.45) is 11.7 Å². The van der Waals surface area contributed by atoms with E-state index in [0.29, 0.717) is 11.8 Å². The molecule has 0 aliphatic carbocycles. The molecule has 106 valence electrons. The van der Waals surface area contributed by atoms with Crippen LogP contribution < -0.4 is 15.2 Å². The third-order valence-corrected chi connectivity index (χ3v) is 3.72. The van der Waals surface area contributed by atoms with Crippen LogP contribution in [0.2, 0.25) is 0 Å². The third-order valence-electron chi connectivity index (χ3n) is 3.72. The predicted octanol–water partition coefficient (Wildman–Crippen LogP) is 3.33. The number of nitrogens with two attached hydrogens (primary N) is 1. The van der Waals surface area contributed by atoms with E-state index in [-0.39, 0.29) is 0 Å². The van der Waals surface area contributed by atoms with Gasteiger partial charge in [-0.05, 0) is 48.9 Å². The van der Waals surface area contributed by atoms with Crippen LogP contribution >= 0.6 is 0 Å². The van der Waals surface area contributed by atoms with Crippen molar-refractivity contribution in [3.05, 3.63) is 23.8 Å². The summed E-state index contributed by atoms with van der Waals surface area (Å²) in [6, 6.07) is 6.38. The maximum Gasteiger partial charge on any atom is 0.161 e. The Hall–Kier alpha value is -1.22. The lowest BCUT2D eigenvalue weighted by Crippen LogP contribution is -2.10. The average Bonchev–Trinajstić information content (AvgIpc) is 2.63. The van der Waals surface area contributed by atoms with E-state index in [9.17, 15) is 0 Å². The monoisotopic (exact) mass is 263 g/mol. The molecule has 0 saturated carbocycles. The van der Waals surface area contributed by atoms with E-state index in [0.717, 1.165) is 50.5 Å². The van der Waals surface area contributed by atoms with E-state index in [4.69, 9.17) is 15.2 Å². The van der Waals surface area contributed by atoms with Crippen molar-refractivity contribution >= 4 is 0 Å². The lowest BCUT2D eigenvalue weighted by atomic mass is 9.84. The van der Waals surface area contributed by atoms with Gasteiger partial charge in [-0.25, -0.2) is 0 Å². The van der Waals surface area contributed by atoms with E-state index in [2.05, 4.69) is 26.0 Å². The Balaban J connectivity index is 2.20. The molecule has 1 aliphatic heterocycles. The molecule has 19 heavy (non-hydrogen) atoms. The molecule has 1 atom stereocenters. The maximum absolute atomic E-state index is 5.77. The number of ether oxygens (including phenoxy) is 2. The summed E-state index contributed by atoms with van der Waals surface area (Å²) in [7, 11) is 0. The van der Waals surface area contributed by atoms with Crippen molar-refractivity contribution in [1.82, 2.24) is 0 Å². The molecule has 0 bridgehead atoms. The first-order valence-corrected chi connectivity index (χ1v) is 7.32. The molecule has 0 aromatic heterocycles. The van der Waals surface area contributed by atoms with Crippen LogP contribution in [0.3, 0.4) is 0 Å². The zero-order chi connectivity index (χ0) is 13.7. The molecule has 1 heterocycles. The Bertz CT molecular complexity index is 404. The normalized spacial score (nSPS) is 16.2. The van der Waals surface area contributed by atoms with Gasteiger partial charge in [-0.1, -0.05) is 19.9 Å².